The van der Waals surface area contributed by atoms with Crippen LogP contribution in [0.4, 0.5) is 0 Å². The fourth-order valence-corrected chi connectivity index (χ4v) is 3.49. The van der Waals surface area contributed by atoms with Crippen molar-refractivity contribution in [2.45, 2.75) is 52.1 Å². The number of aliphatic hydroxyl groups is 1. The van der Waals surface area contributed by atoms with Crippen molar-refractivity contribution in [3.63, 3.8) is 0 Å². The van der Waals surface area contributed by atoms with E-state index in [1.807, 2.05) is 6.92 Å². The second kappa shape index (κ2) is 2.82. The molecule has 2 nitrogen and oxygen atoms in total. The van der Waals surface area contributed by atoms with Gasteiger partial charge in [-0.25, -0.2) is 0 Å². The van der Waals surface area contributed by atoms with Crippen molar-refractivity contribution in [1.29, 1.82) is 0 Å². The van der Waals surface area contributed by atoms with E-state index in [9.17, 15) is 9.90 Å². The van der Waals surface area contributed by atoms with E-state index in [1.54, 1.807) is 0 Å². The van der Waals surface area contributed by atoms with Crippen molar-refractivity contribution in [2.24, 2.45) is 17.3 Å². The average Bonchev–Trinajstić information content (AvgIpc) is 2.01. The molecule has 0 aromatic rings. The summed E-state index contributed by atoms with van der Waals surface area (Å²) in [6, 6.07) is 0. The Morgan fingerprint density at radius 2 is 2.14 bits per heavy atom. The quantitative estimate of drug-likeness (QED) is 0.697. The zero-order valence-electron chi connectivity index (χ0n) is 9.34. The highest BCUT2D eigenvalue weighted by Gasteiger charge is 2.56. The number of rotatable bonds is 1. The molecule has 0 aromatic carbocycles. The van der Waals surface area contributed by atoms with E-state index in [2.05, 4.69) is 13.8 Å². The lowest BCUT2D eigenvalue weighted by Crippen LogP contribution is -2.56. The third-order valence-electron chi connectivity index (χ3n) is 4.53. The first-order valence-electron chi connectivity index (χ1n) is 5.62. The van der Waals surface area contributed by atoms with Gasteiger partial charge in [0.15, 0.2) is 0 Å². The first kappa shape index (κ1) is 10.2. The number of hydrogen-bond acceptors (Lipinski definition) is 2. The minimum absolute atomic E-state index is 0.0804. The number of hydrogen-bond donors (Lipinski definition) is 1. The lowest BCUT2D eigenvalue weighted by Gasteiger charge is -2.55. The Morgan fingerprint density at radius 3 is 2.57 bits per heavy atom. The monoisotopic (exact) mass is 196 g/mol. The van der Waals surface area contributed by atoms with Crippen molar-refractivity contribution in [2.75, 3.05) is 0 Å². The van der Waals surface area contributed by atoms with E-state index in [0.717, 1.165) is 19.3 Å². The van der Waals surface area contributed by atoms with Gasteiger partial charge in [-0.15, -0.1) is 0 Å². The minimum Gasteiger partial charge on any atom is -0.389 e. The first-order valence-corrected chi connectivity index (χ1v) is 5.62. The molecule has 3 fully saturated rings. The van der Waals surface area contributed by atoms with Crippen LogP contribution in [0.2, 0.25) is 0 Å². The molecule has 3 rings (SSSR count). The predicted octanol–water partition coefficient (Wildman–Crippen LogP) is 2.15. The maximum Gasteiger partial charge on any atom is 0.139 e. The molecular weight excluding hydrogens is 176 g/mol. The smallest absolute Gasteiger partial charge is 0.139 e. The molecule has 3 aliphatic rings. The van der Waals surface area contributed by atoms with Gasteiger partial charge < -0.3 is 5.11 Å². The van der Waals surface area contributed by atoms with Crippen LogP contribution in [0.1, 0.15) is 46.5 Å². The van der Waals surface area contributed by atoms with Gasteiger partial charge in [0.05, 0.1) is 5.60 Å². The Morgan fingerprint density at radius 1 is 1.50 bits per heavy atom. The average molecular weight is 196 g/mol. The van der Waals surface area contributed by atoms with Crippen LogP contribution < -0.4 is 0 Å². The SMILES string of the molecule is CC(C)[C@]12CC[C@H](C(=O)C1)[C@](C)(O)C2. The molecule has 0 aliphatic heterocycles. The van der Waals surface area contributed by atoms with Crippen LogP contribution in [0, 0.1) is 17.3 Å². The second-order valence-corrected chi connectivity index (χ2v) is 5.79. The fourth-order valence-electron chi connectivity index (χ4n) is 3.49. The van der Waals surface area contributed by atoms with E-state index in [4.69, 9.17) is 0 Å². The number of ketones is 1. The number of carbonyl (C=O) groups excluding carboxylic acids is 1. The molecule has 2 heteroatoms. The van der Waals surface area contributed by atoms with Crippen LogP contribution in [0.15, 0.2) is 0 Å². The highest BCUT2D eigenvalue weighted by atomic mass is 16.3. The van der Waals surface area contributed by atoms with Crippen molar-refractivity contribution in [3.05, 3.63) is 0 Å². The lowest BCUT2D eigenvalue weighted by atomic mass is 9.51. The maximum absolute atomic E-state index is 11.8. The summed E-state index contributed by atoms with van der Waals surface area (Å²) in [5, 5.41) is 10.2. The molecule has 3 aliphatic carbocycles. The molecule has 14 heavy (non-hydrogen) atoms. The molecule has 3 saturated carbocycles. The van der Waals surface area contributed by atoms with Gasteiger partial charge >= 0.3 is 0 Å². The summed E-state index contributed by atoms with van der Waals surface area (Å²) >= 11 is 0. The highest BCUT2D eigenvalue weighted by Crippen LogP contribution is 2.56. The van der Waals surface area contributed by atoms with E-state index in [0.29, 0.717) is 18.1 Å². The molecule has 0 heterocycles. The topological polar surface area (TPSA) is 37.3 Å². The van der Waals surface area contributed by atoms with Gasteiger partial charge in [0.2, 0.25) is 0 Å². The summed E-state index contributed by atoms with van der Waals surface area (Å²) in [6.07, 6.45) is 3.53. The van der Waals surface area contributed by atoms with Crippen molar-refractivity contribution >= 4 is 5.78 Å². The van der Waals surface area contributed by atoms with E-state index in [-0.39, 0.29) is 11.3 Å². The Bertz CT molecular complexity index is 267. The van der Waals surface area contributed by atoms with Crippen LogP contribution in [0.25, 0.3) is 0 Å². The molecular formula is C12H20O2. The van der Waals surface area contributed by atoms with Gasteiger partial charge in [-0.2, -0.15) is 0 Å². The summed E-state index contributed by atoms with van der Waals surface area (Å²) in [5.41, 5.74) is -0.646. The third kappa shape index (κ3) is 1.23. The molecule has 0 spiro atoms. The van der Waals surface area contributed by atoms with Crippen LogP contribution in [0.3, 0.4) is 0 Å². The van der Waals surface area contributed by atoms with Gasteiger partial charge in [0, 0.05) is 12.3 Å². The van der Waals surface area contributed by atoms with Crippen LogP contribution in [0.5, 0.6) is 0 Å². The molecule has 0 amide bonds. The second-order valence-electron chi connectivity index (χ2n) is 5.79. The Hall–Kier alpha value is -0.370. The maximum atomic E-state index is 11.8. The summed E-state index contributed by atoms with van der Waals surface area (Å²) < 4.78 is 0. The molecule has 0 aromatic heterocycles. The number of fused-ring (bicyclic) bond motifs is 3. The summed E-state index contributed by atoms with van der Waals surface area (Å²) in [7, 11) is 0. The van der Waals surface area contributed by atoms with Crippen molar-refractivity contribution in [3.8, 4) is 0 Å². The predicted molar refractivity (Wildman–Crippen MR) is 54.9 cm³/mol. The Balaban J connectivity index is 2.34. The largest absolute Gasteiger partial charge is 0.389 e. The van der Waals surface area contributed by atoms with Crippen molar-refractivity contribution in [1.82, 2.24) is 0 Å². The van der Waals surface area contributed by atoms with E-state index < -0.39 is 5.60 Å². The summed E-state index contributed by atoms with van der Waals surface area (Å²) in [5.74, 6) is 0.712. The molecule has 0 unspecified atom stereocenters. The number of carbonyl (C=O) groups is 1. The van der Waals surface area contributed by atoms with E-state index >= 15 is 0 Å². The first-order chi connectivity index (χ1) is 6.37. The number of Topliss-reactive ketones (excluding diaryl/α,β-unsaturated/α-hetero) is 1. The van der Waals surface area contributed by atoms with Gasteiger partial charge in [-0.3, -0.25) is 4.79 Å². The zero-order valence-corrected chi connectivity index (χ0v) is 9.34. The lowest BCUT2D eigenvalue weighted by molar-refractivity contribution is -0.165. The Kier molecular flexibility index (Phi) is 2.04. The van der Waals surface area contributed by atoms with Crippen LogP contribution >= 0.6 is 0 Å². The molecule has 2 bridgehead atoms. The fraction of sp³-hybridized carbons (Fsp3) is 0.917. The van der Waals surface area contributed by atoms with Crippen LogP contribution in [-0.2, 0) is 4.79 Å². The van der Waals surface area contributed by atoms with Gasteiger partial charge in [0.25, 0.3) is 0 Å². The molecule has 0 saturated heterocycles. The van der Waals surface area contributed by atoms with Gasteiger partial charge in [-0.1, -0.05) is 13.8 Å². The van der Waals surface area contributed by atoms with Gasteiger partial charge in [0.1, 0.15) is 5.78 Å². The minimum atomic E-state index is -0.738. The van der Waals surface area contributed by atoms with Crippen molar-refractivity contribution < 1.29 is 9.90 Å². The highest BCUT2D eigenvalue weighted by molar-refractivity contribution is 5.84. The van der Waals surface area contributed by atoms with Gasteiger partial charge in [-0.05, 0) is 37.5 Å². The molecule has 80 valence electrons. The zero-order chi connectivity index (χ0) is 10.6. The molecule has 3 atom stereocenters. The molecule has 1 N–H and O–H groups in total. The third-order valence-corrected chi connectivity index (χ3v) is 4.53. The Labute approximate surface area is 85.7 Å². The summed E-state index contributed by atoms with van der Waals surface area (Å²) in [6.45, 7) is 6.19. The standard InChI is InChI=1S/C12H20O2/c1-8(2)12-5-4-9(10(13)6-12)11(3,14)7-12/h8-9,14H,4-7H2,1-3H3/t9-,11-,12-/m1/s1. The van der Waals surface area contributed by atoms with E-state index in [1.165, 1.54) is 0 Å². The summed E-state index contributed by atoms with van der Waals surface area (Å²) in [4.78, 5) is 11.8. The normalized spacial score (nSPS) is 47.5. The molecule has 0 radical (unpaired) electrons. The van der Waals surface area contributed by atoms with Crippen LogP contribution in [-0.4, -0.2) is 16.5 Å².